The summed E-state index contributed by atoms with van der Waals surface area (Å²) in [5, 5.41) is 6.17. The predicted octanol–water partition coefficient (Wildman–Crippen LogP) is 4.62. The van der Waals surface area contributed by atoms with Crippen LogP contribution in [0.5, 0.6) is 0 Å². The number of hydrogen-bond donors (Lipinski definition) is 2. The third kappa shape index (κ3) is 5.92. The van der Waals surface area contributed by atoms with Crippen molar-refractivity contribution < 1.29 is 4.79 Å². The summed E-state index contributed by atoms with van der Waals surface area (Å²) in [5.74, 6) is 0. The second-order valence-electron chi connectivity index (χ2n) is 4.67. The molecule has 0 radical (unpaired) electrons. The summed E-state index contributed by atoms with van der Waals surface area (Å²) in [6.07, 6.45) is 4.20. The lowest BCUT2D eigenvalue weighted by molar-refractivity contribution is 0.244. The van der Waals surface area contributed by atoms with E-state index >= 15 is 0 Å². The number of urea groups is 1. The highest BCUT2D eigenvalue weighted by atomic mass is 79.9. The molecule has 3 nitrogen and oxygen atoms in total. The molecule has 2 rings (SSSR count). The van der Waals surface area contributed by atoms with Gasteiger partial charge < -0.3 is 10.6 Å². The van der Waals surface area contributed by atoms with E-state index in [-0.39, 0.29) is 6.03 Å². The normalized spacial score (nSPS) is 10.6. The number of nitrogens with one attached hydrogen (secondary N) is 2. The fourth-order valence-electron chi connectivity index (χ4n) is 1.85. The molecule has 0 saturated heterocycles. The maximum atomic E-state index is 11.6. The van der Waals surface area contributed by atoms with Crippen molar-refractivity contribution in [1.29, 1.82) is 0 Å². The first-order valence-electron chi connectivity index (χ1n) is 6.84. The Balaban J connectivity index is 1.70. The Labute approximate surface area is 143 Å². The average Bonchev–Trinajstić information content (AvgIpc) is 2.49. The third-order valence-corrected chi connectivity index (χ3v) is 3.69. The molecule has 0 unspecified atom stereocenters. The van der Waals surface area contributed by atoms with Gasteiger partial charge in [-0.2, -0.15) is 0 Å². The van der Waals surface area contributed by atoms with Crippen LogP contribution >= 0.6 is 27.5 Å². The lowest BCUT2D eigenvalue weighted by atomic mass is 10.1. The zero-order chi connectivity index (χ0) is 15.8. The molecule has 0 aliphatic heterocycles. The van der Waals surface area contributed by atoms with Gasteiger partial charge in [-0.05, 0) is 47.9 Å². The zero-order valence-corrected chi connectivity index (χ0v) is 14.2. The summed E-state index contributed by atoms with van der Waals surface area (Å²) in [7, 11) is 0. The summed E-state index contributed by atoms with van der Waals surface area (Å²) in [6.45, 7) is 0.580. The van der Waals surface area contributed by atoms with Crippen LogP contribution in [0.1, 0.15) is 11.1 Å². The van der Waals surface area contributed by atoms with Crippen LogP contribution in [0.3, 0.4) is 0 Å². The van der Waals surface area contributed by atoms with Gasteiger partial charge in [-0.3, -0.25) is 0 Å². The Morgan fingerprint density at radius 2 is 1.95 bits per heavy atom. The Morgan fingerprint density at radius 1 is 1.18 bits per heavy atom. The molecule has 0 saturated carbocycles. The van der Waals surface area contributed by atoms with Crippen molar-refractivity contribution in [3.8, 4) is 0 Å². The van der Waals surface area contributed by atoms with Gasteiger partial charge in [0.15, 0.2) is 0 Å². The molecule has 0 aliphatic rings. The molecule has 22 heavy (non-hydrogen) atoms. The molecule has 0 spiro atoms. The Kier molecular flexibility index (Phi) is 6.49. The lowest BCUT2D eigenvalue weighted by Crippen LogP contribution is -2.33. The van der Waals surface area contributed by atoms with E-state index in [2.05, 4.69) is 26.6 Å². The maximum absolute atomic E-state index is 11.6. The minimum Gasteiger partial charge on any atom is -0.338 e. The van der Waals surface area contributed by atoms with E-state index in [1.165, 1.54) is 5.56 Å². The predicted molar refractivity (Wildman–Crippen MR) is 94.9 cm³/mol. The molecule has 0 fully saturated rings. The SMILES string of the molecule is O=C(N/C=C/c1ccc(Cl)cc1)NCCc1cccc(Br)c1. The first-order chi connectivity index (χ1) is 10.6. The summed E-state index contributed by atoms with van der Waals surface area (Å²) in [4.78, 5) is 11.6. The van der Waals surface area contributed by atoms with E-state index in [0.717, 1.165) is 16.5 Å². The van der Waals surface area contributed by atoms with Crippen LogP contribution in [0.25, 0.3) is 6.08 Å². The first kappa shape index (κ1) is 16.6. The first-order valence-corrected chi connectivity index (χ1v) is 8.01. The number of benzene rings is 2. The van der Waals surface area contributed by atoms with Crippen molar-refractivity contribution in [2.75, 3.05) is 6.54 Å². The third-order valence-electron chi connectivity index (χ3n) is 2.95. The molecule has 2 aromatic carbocycles. The molecule has 0 aliphatic carbocycles. The van der Waals surface area contributed by atoms with E-state index in [0.29, 0.717) is 11.6 Å². The van der Waals surface area contributed by atoms with Crippen molar-refractivity contribution in [3.05, 3.63) is 75.4 Å². The van der Waals surface area contributed by atoms with Crippen molar-refractivity contribution in [3.63, 3.8) is 0 Å². The molecule has 114 valence electrons. The van der Waals surface area contributed by atoms with Crippen LogP contribution in [0.15, 0.2) is 59.2 Å². The highest BCUT2D eigenvalue weighted by molar-refractivity contribution is 9.10. The summed E-state index contributed by atoms with van der Waals surface area (Å²) in [5.41, 5.74) is 2.14. The maximum Gasteiger partial charge on any atom is 0.318 e. The summed E-state index contributed by atoms with van der Waals surface area (Å²) in [6, 6.07) is 15.2. The fraction of sp³-hybridized carbons (Fsp3) is 0.118. The van der Waals surface area contributed by atoms with E-state index in [1.807, 2.05) is 42.5 Å². The van der Waals surface area contributed by atoms with Crippen molar-refractivity contribution in [1.82, 2.24) is 10.6 Å². The molecule has 0 atom stereocenters. The molecule has 2 amide bonds. The highest BCUT2D eigenvalue weighted by Crippen LogP contribution is 2.12. The van der Waals surface area contributed by atoms with Crippen molar-refractivity contribution in [2.24, 2.45) is 0 Å². The van der Waals surface area contributed by atoms with Crippen molar-refractivity contribution >= 4 is 39.6 Å². The van der Waals surface area contributed by atoms with Gasteiger partial charge in [-0.25, -0.2) is 4.79 Å². The largest absolute Gasteiger partial charge is 0.338 e. The van der Waals surface area contributed by atoms with Crippen molar-refractivity contribution in [2.45, 2.75) is 6.42 Å². The fourth-order valence-corrected chi connectivity index (χ4v) is 2.42. The number of rotatable bonds is 5. The van der Waals surface area contributed by atoms with Crippen LogP contribution in [0.4, 0.5) is 4.79 Å². The van der Waals surface area contributed by atoms with Gasteiger partial charge in [0, 0.05) is 22.2 Å². The Morgan fingerprint density at radius 3 is 2.68 bits per heavy atom. The average molecular weight is 380 g/mol. The number of hydrogen-bond acceptors (Lipinski definition) is 1. The van der Waals surface area contributed by atoms with E-state index in [1.54, 1.807) is 18.3 Å². The minimum absolute atomic E-state index is 0.222. The van der Waals surface area contributed by atoms with E-state index in [4.69, 9.17) is 11.6 Å². The second kappa shape index (κ2) is 8.61. The lowest BCUT2D eigenvalue weighted by Gasteiger charge is -2.05. The van der Waals surface area contributed by atoms with Crippen LogP contribution in [0, 0.1) is 0 Å². The van der Waals surface area contributed by atoms with Gasteiger partial charge >= 0.3 is 6.03 Å². The molecule has 2 N–H and O–H groups in total. The second-order valence-corrected chi connectivity index (χ2v) is 6.02. The number of carbonyl (C=O) groups is 1. The number of carbonyl (C=O) groups excluding carboxylic acids is 1. The minimum atomic E-state index is -0.222. The zero-order valence-electron chi connectivity index (χ0n) is 11.9. The van der Waals surface area contributed by atoms with Gasteiger partial charge in [0.05, 0.1) is 0 Å². The van der Waals surface area contributed by atoms with E-state index in [9.17, 15) is 4.79 Å². The van der Waals surface area contributed by atoms with E-state index < -0.39 is 0 Å². The van der Waals surface area contributed by atoms with Crippen LogP contribution in [-0.4, -0.2) is 12.6 Å². The quantitative estimate of drug-likeness (QED) is 0.782. The molecular weight excluding hydrogens is 364 g/mol. The highest BCUT2D eigenvalue weighted by Gasteiger charge is 1.98. The Hall–Kier alpha value is -1.78. The summed E-state index contributed by atoms with van der Waals surface area (Å²) >= 11 is 9.23. The van der Waals surface area contributed by atoms with Gasteiger partial charge in [0.2, 0.25) is 0 Å². The standard InChI is InChI=1S/C17H16BrClN2O/c18-15-3-1-2-14(12-15)9-11-21-17(22)20-10-8-13-4-6-16(19)7-5-13/h1-8,10,12H,9,11H2,(H2,20,21,22)/b10-8+. The molecule has 5 heteroatoms. The molecule has 0 bridgehead atoms. The molecular formula is C17H16BrClN2O. The van der Waals surface area contributed by atoms with Crippen LogP contribution in [-0.2, 0) is 6.42 Å². The van der Waals surface area contributed by atoms with Gasteiger partial charge in [0.1, 0.15) is 0 Å². The Bertz CT molecular complexity index is 656. The smallest absolute Gasteiger partial charge is 0.318 e. The van der Waals surface area contributed by atoms with Gasteiger partial charge in [-0.1, -0.05) is 51.8 Å². The monoisotopic (exact) mass is 378 g/mol. The van der Waals surface area contributed by atoms with Crippen LogP contribution in [0.2, 0.25) is 5.02 Å². The van der Waals surface area contributed by atoms with Gasteiger partial charge in [-0.15, -0.1) is 0 Å². The molecule has 2 aromatic rings. The molecule has 0 heterocycles. The molecule has 0 aromatic heterocycles. The topological polar surface area (TPSA) is 41.1 Å². The number of amides is 2. The number of halogens is 2. The van der Waals surface area contributed by atoms with Gasteiger partial charge in [0.25, 0.3) is 0 Å². The van der Waals surface area contributed by atoms with Crippen LogP contribution < -0.4 is 10.6 Å². The summed E-state index contributed by atoms with van der Waals surface area (Å²) < 4.78 is 1.04.